The number of hydrogen-bond acceptors (Lipinski definition) is 7. The zero-order valence-electron chi connectivity index (χ0n) is 10.6. The van der Waals surface area contributed by atoms with E-state index in [-0.39, 0.29) is 12.2 Å². The van der Waals surface area contributed by atoms with E-state index in [1.807, 2.05) is 5.38 Å². The van der Waals surface area contributed by atoms with Gasteiger partial charge in [0.25, 0.3) is 5.69 Å². The summed E-state index contributed by atoms with van der Waals surface area (Å²) in [5.41, 5.74) is 2.02. The fourth-order valence-electron chi connectivity index (χ4n) is 1.63. The third-order valence-corrected chi connectivity index (χ3v) is 4.94. The van der Waals surface area contributed by atoms with Crippen molar-refractivity contribution in [3.8, 4) is 0 Å². The number of nitro groups is 1. The van der Waals surface area contributed by atoms with Gasteiger partial charge in [0.05, 0.1) is 10.6 Å². The van der Waals surface area contributed by atoms with Crippen molar-refractivity contribution in [2.45, 2.75) is 11.4 Å². The maximum Gasteiger partial charge on any atom is 0.289 e. The second kappa shape index (κ2) is 6.18. The maximum atomic E-state index is 12.2. The molecule has 0 unspecified atom stereocenters. The van der Waals surface area contributed by atoms with Crippen LogP contribution in [-0.4, -0.2) is 13.3 Å². The highest BCUT2D eigenvalue weighted by atomic mass is 32.2. The number of nitrogens with zero attached hydrogens (tertiary/aromatic N) is 1. The summed E-state index contributed by atoms with van der Waals surface area (Å²) in [6.45, 7) is 0.0669. The first-order valence-corrected chi connectivity index (χ1v) is 8.07. The Morgan fingerprint density at radius 1 is 1.33 bits per heavy atom. The monoisotopic (exact) mass is 328 g/mol. The topological polar surface area (TPSA) is 127 Å². The molecule has 0 saturated carbocycles. The smallest absolute Gasteiger partial charge is 0.289 e. The summed E-state index contributed by atoms with van der Waals surface area (Å²) in [4.78, 5) is 10.6. The van der Waals surface area contributed by atoms with Gasteiger partial charge < -0.3 is 5.43 Å². The molecule has 112 valence electrons. The Balaban J connectivity index is 2.35. The van der Waals surface area contributed by atoms with Crippen molar-refractivity contribution in [1.29, 1.82) is 0 Å². The second-order valence-electron chi connectivity index (χ2n) is 3.99. The summed E-state index contributed by atoms with van der Waals surface area (Å²) in [6, 6.07) is 7.09. The molecule has 10 heteroatoms. The molecule has 0 atom stereocenters. The lowest BCUT2D eigenvalue weighted by Gasteiger charge is -2.08. The Bertz CT molecular complexity index is 744. The van der Waals surface area contributed by atoms with E-state index in [1.165, 1.54) is 17.4 Å². The van der Waals surface area contributed by atoms with Crippen molar-refractivity contribution >= 4 is 32.7 Å². The number of sulfonamides is 1. The molecule has 0 radical (unpaired) electrons. The average Bonchev–Trinajstić information content (AvgIpc) is 2.98. The van der Waals surface area contributed by atoms with Gasteiger partial charge in [-0.25, -0.2) is 13.1 Å². The second-order valence-corrected chi connectivity index (χ2v) is 6.76. The Morgan fingerprint density at radius 3 is 2.67 bits per heavy atom. The number of nitrogen functional groups attached to an aromatic ring is 1. The molecule has 4 N–H and O–H groups in total. The number of benzene rings is 1. The summed E-state index contributed by atoms with van der Waals surface area (Å²) in [7, 11) is -4.03. The number of nitrogens with two attached hydrogens (primary N) is 1. The van der Waals surface area contributed by atoms with E-state index in [9.17, 15) is 18.5 Å². The van der Waals surface area contributed by atoms with Crippen LogP contribution >= 0.6 is 11.3 Å². The van der Waals surface area contributed by atoms with Crippen LogP contribution in [0.2, 0.25) is 0 Å². The normalized spacial score (nSPS) is 11.3. The van der Waals surface area contributed by atoms with E-state index in [4.69, 9.17) is 5.84 Å². The van der Waals surface area contributed by atoms with Gasteiger partial charge in [0.2, 0.25) is 10.0 Å². The van der Waals surface area contributed by atoms with E-state index >= 15 is 0 Å². The first-order chi connectivity index (χ1) is 9.94. The van der Waals surface area contributed by atoms with Crippen molar-refractivity contribution in [3.05, 3.63) is 50.7 Å². The van der Waals surface area contributed by atoms with Crippen molar-refractivity contribution in [2.75, 3.05) is 5.43 Å². The molecule has 0 aliphatic carbocycles. The van der Waals surface area contributed by atoms with Gasteiger partial charge in [0.1, 0.15) is 0 Å². The van der Waals surface area contributed by atoms with Gasteiger partial charge in [0, 0.05) is 17.5 Å². The number of nitrogens with one attached hydrogen (secondary N) is 2. The summed E-state index contributed by atoms with van der Waals surface area (Å²) >= 11 is 1.38. The van der Waals surface area contributed by atoms with Crippen molar-refractivity contribution in [1.82, 2.24) is 4.72 Å². The third kappa shape index (κ3) is 3.55. The van der Waals surface area contributed by atoms with Crippen LogP contribution in [0.1, 0.15) is 4.88 Å². The van der Waals surface area contributed by atoms with E-state index in [2.05, 4.69) is 10.1 Å². The fourth-order valence-corrected chi connectivity index (χ4v) is 3.56. The molecule has 1 aromatic heterocycles. The van der Waals surface area contributed by atoms with Gasteiger partial charge in [-0.2, -0.15) is 0 Å². The molecule has 0 bridgehead atoms. The molecule has 1 aromatic carbocycles. The zero-order chi connectivity index (χ0) is 15.5. The fraction of sp³-hybridized carbons (Fsp3) is 0.0909. The Kier molecular flexibility index (Phi) is 4.53. The van der Waals surface area contributed by atoms with Gasteiger partial charge in [-0.05, 0) is 23.6 Å². The molecular formula is C11H12N4O4S2. The predicted octanol–water partition coefficient (Wildman–Crippen LogP) is 1.42. The molecular weight excluding hydrogens is 316 g/mol. The number of rotatable bonds is 6. The number of anilines is 1. The standard InChI is InChI=1S/C11H12N4O4S2/c12-14-8-3-4-10(15(16)17)11(6-8)21(18,19)13-7-9-2-1-5-20-9/h1-6,13-14H,7,12H2. The Morgan fingerprint density at radius 2 is 2.10 bits per heavy atom. The predicted molar refractivity (Wildman–Crippen MR) is 79.3 cm³/mol. The molecule has 0 aliphatic heterocycles. The van der Waals surface area contributed by atoms with Gasteiger partial charge in [-0.1, -0.05) is 6.07 Å². The summed E-state index contributed by atoms with van der Waals surface area (Å²) in [5.74, 6) is 5.21. The minimum absolute atomic E-state index is 0.0669. The highest BCUT2D eigenvalue weighted by molar-refractivity contribution is 7.89. The van der Waals surface area contributed by atoms with E-state index in [0.717, 1.165) is 17.0 Å². The van der Waals surface area contributed by atoms with E-state index in [1.54, 1.807) is 12.1 Å². The molecule has 0 amide bonds. The highest BCUT2D eigenvalue weighted by Crippen LogP contribution is 2.26. The number of hydrazine groups is 1. The van der Waals surface area contributed by atoms with Crippen molar-refractivity contribution < 1.29 is 13.3 Å². The number of hydrogen-bond donors (Lipinski definition) is 3. The first kappa shape index (κ1) is 15.4. The molecule has 0 spiro atoms. The molecule has 0 fully saturated rings. The molecule has 1 heterocycles. The minimum atomic E-state index is -4.03. The van der Waals surface area contributed by atoms with Crippen LogP contribution < -0.4 is 16.0 Å². The van der Waals surface area contributed by atoms with E-state index < -0.39 is 25.5 Å². The molecule has 21 heavy (non-hydrogen) atoms. The van der Waals surface area contributed by atoms with Crippen LogP contribution in [0.3, 0.4) is 0 Å². The molecule has 0 saturated heterocycles. The molecule has 2 rings (SSSR count). The third-order valence-electron chi connectivity index (χ3n) is 2.63. The van der Waals surface area contributed by atoms with Gasteiger partial charge in [0.15, 0.2) is 4.90 Å². The SMILES string of the molecule is NNc1ccc([N+](=O)[O-])c(S(=O)(=O)NCc2cccs2)c1. The maximum absolute atomic E-state index is 12.2. The van der Waals surface area contributed by atoms with Crippen LogP contribution in [-0.2, 0) is 16.6 Å². The lowest BCUT2D eigenvalue weighted by Crippen LogP contribution is -2.24. The zero-order valence-corrected chi connectivity index (χ0v) is 12.3. The Labute approximate surface area is 124 Å². The molecule has 8 nitrogen and oxygen atoms in total. The summed E-state index contributed by atoms with van der Waals surface area (Å²) in [5, 5.41) is 12.8. The van der Waals surface area contributed by atoms with Gasteiger partial charge in [-0.3, -0.25) is 16.0 Å². The summed E-state index contributed by atoms with van der Waals surface area (Å²) < 4.78 is 26.8. The van der Waals surface area contributed by atoms with Gasteiger partial charge >= 0.3 is 0 Å². The average molecular weight is 328 g/mol. The van der Waals surface area contributed by atoms with Crippen LogP contribution in [0.25, 0.3) is 0 Å². The molecule has 0 aliphatic rings. The highest BCUT2D eigenvalue weighted by Gasteiger charge is 2.26. The lowest BCUT2D eigenvalue weighted by molar-refractivity contribution is -0.387. The van der Waals surface area contributed by atoms with Crippen LogP contribution in [0.5, 0.6) is 0 Å². The lowest BCUT2D eigenvalue weighted by atomic mass is 10.3. The number of thiophene rings is 1. The van der Waals surface area contributed by atoms with Crippen LogP contribution in [0, 0.1) is 10.1 Å². The van der Waals surface area contributed by atoms with Gasteiger partial charge in [-0.15, -0.1) is 11.3 Å². The van der Waals surface area contributed by atoms with Crippen LogP contribution in [0.15, 0.2) is 40.6 Å². The van der Waals surface area contributed by atoms with Crippen molar-refractivity contribution in [2.24, 2.45) is 5.84 Å². The van der Waals surface area contributed by atoms with Crippen molar-refractivity contribution in [3.63, 3.8) is 0 Å². The largest absolute Gasteiger partial charge is 0.324 e. The number of nitro benzene ring substituents is 1. The Hall–Kier alpha value is -2.01. The quantitative estimate of drug-likeness (QED) is 0.418. The summed E-state index contributed by atoms with van der Waals surface area (Å²) in [6.07, 6.45) is 0. The molecule has 2 aromatic rings. The van der Waals surface area contributed by atoms with Crippen LogP contribution in [0.4, 0.5) is 11.4 Å². The van der Waals surface area contributed by atoms with E-state index in [0.29, 0.717) is 0 Å². The first-order valence-electron chi connectivity index (χ1n) is 5.71. The minimum Gasteiger partial charge on any atom is -0.324 e.